The molecule has 0 amide bonds. The first-order chi connectivity index (χ1) is 12.6. The largest absolute Gasteiger partial charge is 0.423 e. The van der Waals surface area contributed by atoms with Crippen molar-refractivity contribution in [1.82, 2.24) is 29.1 Å². The van der Waals surface area contributed by atoms with Gasteiger partial charge in [-0.15, -0.1) is 5.10 Å². The molecule has 0 bridgehead atoms. The minimum Gasteiger partial charge on any atom is -0.423 e. The fourth-order valence-corrected chi connectivity index (χ4v) is 2.63. The molecule has 26 heavy (non-hydrogen) atoms. The van der Waals surface area contributed by atoms with Crippen LogP contribution in [0.2, 0.25) is 5.15 Å². The van der Waals surface area contributed by atoms with Crippen LogP contribution in [-0.4, -0.2) is 29.1 Å². The molecule has 4 heterocycles. The van der Waals surface area contributed by atoms with Gasteiger partial charge in [-0.2, -0.15) is 9.50 Å². The van der Waals surface area contributed by atoms with Crippen LogP contribution in [0, 0.1) is 6.92 Å². The van der Waals surface area contributed by atoms with Gasteiger partial charge in [0.25, 0.3) is 5.56 Å². The monoisotopic (exact) mass is 368 g/mol. The molecule has 0 unspecified atom stereocenters. The van der Waals surface area contributed by atoms with Crippen molar-refractivity contribution in [3.05, 3.63) is 75.7 Å². The van der Waals surface area contributed by atoms with Gasteiger partial charge in [0.05, 0.1) is 6.54 Å². The Morgan fingerprint density at radius 1 is 1.19 bits per heavy atom. The smallest absolute Gasteiger partial charge is 0.343 e. The van der Waals surface area contributed by atoms with Crippen LogP contribution in [0.4, 0.5) is 0 Å². The maximum absolute atomic E-state index is 12.3. The molecule has 4 aromatic heterocycles. The van der Waals surface area contributed by atoms with Gasteiger partial charge in [-0.05, 0) is 30.7 Å². The van der Waals surface area contributed by atoms with E-state index in [9.17, 15) is 4.79 Å². The highest BCUT2D eigenvalue weighted by molar-refractivity contribution is 6.29. The van der Waals surface area contributed by atoms with Crippen molar-refractivity contribution in [2.75, 3.05) is 0 Å². The Labute approximate surface area is 152 Å². The lowest BCUT2D eigenvalue weighted by molar-refractivity contribution is 0.441. The van der Waals surface area contributed by atoms with E-state index < -0.39 is 0 Å². The van der Waals surface area contributed by atoms with Gasteiger partial charge in [0.1, 0.15) is 10.9 Å². The molecule has 0 N–H and O–H groups in total. The Hall–Kier alpha value is -3.26. The van der Waals surface area contributed by atoms with Gasteiger partial charge in [0.15, 0.2) is 0 Å². The maximum Gasteiger partial charge on any atom is 0.343 e. The Balaban J connectivity index is 1.77. The molecule has 0 aliphatic heterocycles. The average molecular weight is 369 g/mol. The van der Waals surface area contributed by atoms with E-state index in [1.165, 1.54) is 10.6 Å². The van der Waals surface area contributed by atoms with Crippen molar-refractivity contribution in [3.8, 4) is 11.8 Å². The molecule has 9 heteroatoms. The van der Waals surface area contributed by atoms with Gasteiger partial charge in [-0.3, -0.25) is 9.78 Å². The summed E-state index contributed by atoms with van der Waals surface area (Å²) in [7, 11) is 0. The predicted octanol–water partition coefficient (Wildman–Crippen LogP) is 2.48. The van der Waals surface area contributed by atoms with E-state index in [2.05, 4.69) is 20.1 Å². The van der Waals surface area contributed by atoms with Gasteiger partial charge >= 0.3 is 6.01 Å². The van der Waals surface area contributed by atoms with Crippen molar-refractivity contribution < 1.29 is 4.74 Å². The summed E-state index contributed by atoms with van der Waals surface area (Å²) in [5.41, 5.74) is 1.39. The quantitative estimate of drug-likeness (QED) is 0.514. The van der Waals surface area contributed by atoms with E-state index >= 15 is 0 Å². The summed E-state index contributed by atoms with van der Waals surface area (Å²) in [4.78, 5) is 24.6. The highest BCUT2D eigenvalue weighted by Gasteiger charge is 2.14. The molecule has 0 aromatic carbocycles. The maximum atomic E-state index is 12.3. The Bertz CT molecular complexity index is 1120. The third-order valence-electron chi connectivity index (χ3n) is 3.77. The summed E-state index contributed by atoms with van der Waals surface area (Å²) in [5.74, 6) is 0.919. The van der Waals surface area contributed by atoms with Gasteiger partial charge in [-0.1, -0.05) is 17.7 Å². The molecule has 0 radical (unpaired) electrons. The standard InChI is InChI=1S/C17H13ClN6O2/c1-11-8-15(25)24-17(23(11)10-12-2-3-14(18)20-9-12)21-16(22-24)26-13-4-6-19-7-5-13/h2-9H,10H2,1H3. The Morgan fingerprint density at radius 3 is 2.73 bits per heavy atom. The van der Waals surface area contributed by atoms with Crippen LogP contribution < -0.4 is 10.3 Å². The van der Waals surface area contributed by atoms with E-state index in [1.54, 1.807) is 36.8 Å². The van der Waals surface area contributed by atoms with E-state index in [0.717, 1.165) is 11.3 Å². The van der Waals surface area contributed by atoms with Crippen LogP contribution in [0.5, 0.6) is 11.8 Å². The number of pyridine rings is 2. The molecule has 0 atom stereocenters. The van der Waals surface area contributed by atoms with Gasteiger partial charge in [0, 0.05) is 30.4 Å². The van der Waals surface area contributed by atoms with Crippen LogP contribution in [0.1, 0.15) is 11.3 Å². The molecule has 0 spiro atoms. The van der Waals surface area contributed by atoms with Crippen LogP contribution in [0.15, 0.2) is 53.7 Å². The molecule has 8 nitrogen and oxygen atoms in total. The highest BCUT2D eigenvalue weighted by atomic mass is 35.5. The molecule has 0 saturated carbocycles. The van der Waals surface area contributed by atoms with E-state index in [1.807, 2.05) is 17.6 Å². The number of aromatic nitrogens is 6. The second-order valence-corrected chi connectivity index (χ2v) is 5.98. The van der Waals surface area contributed by atoms with Crippen molar-refractivity contribution in [2.24, 2.45) is 0 Å². The zero-order valence-corrected chi connectivity index (χ0v) is 14.5. The van der Waals surface area contributed by atoms with Crippen LogP contribution in [0.25, 0.3) is 5.78 Å². The van der Waals surface area contributed by atoms with Gasteiger partial charge < -0.3 is 9.30 Å². The van der Waals surface area contributed by atoms with E-state index in [0.29, 0.717) is 23.2 Å². The van der Waals surface area contributed by atoms with Crippen molar-refractivity contribution in [1.29, 1.82) is 0 Å². The predicted molar refractivity (Wildman–Crippen MR) is 94.6 cm³/mol. The summed E-state index contributed by atoms with van der Waals surface area (Å²) >= 11 is 5.84. The SMILES string of the molecule is Cc1cc(=O)n2nc(Oc3ccncc3)nc2n1Cc1ccc(Cl)nc1. The van der Waals surface area contributed by atoms with Gasteiger partial charge in [0.2, 0.25) is 5.78 Å². The lowest BCUT2D eigenvalue weighted by Gasteiger charge is -2.11. The van der Waals surface area contributed by atoms with Crippen LogP contribution >= 0.6 is 11.6 Å². The lowest BCUT2D eigenvalue weighted by atomic mass is 10.3. The number of fused-ring (bicyclic) bond motifs is 1. The number of hydrogen-bond donors (Lipinski definition) is 0. The number of hydrogen-bond acceptors (Lipinski definition) is 6. The Morgan fingerprint density at radius 2 is 2.00 bits per heavy atom. The van der Waals surface area contributed by atoms with E-state index in [-0.39, 0.29) is 11.6 Å². The molecule has 130 valence electrons. The summed E-state index contributed by atoms with van der Waals surface area (Å²) in [5, 5.41) is 4.58. The first-order valence-corrected chi connectivity index (χ1v) is 8.13. The number of nitrogens with zero attached hydrogens (tertiary/aromatic N) is 6. The zero-order chi connectivity index (χ0) is 18.1. The fourth-order valence-electron chi connectivity index (χ4n) is 2.52. The summed E-state index contributed by atoms with van der Waals surface area (Å²) in [6.07, 6.45) is 4.88. The molecule has 0 aliphatic rings. The molecule has 4 aromatic rings. The first kappa shape index (κ1) is 16.2. The molecule has 0 fully saturated rings. The minimum atomic E-state index is -0.278. The van der Waals surface area contributed by atoms with Gasteiger partial charge in [-0.25, -0.2) is 4.98 Å². The second kappa shape index (κ2) is 6.57. The highest BCUT2D eigenvalue weighted by Crippen LogP contribution is 2.18. The minimum absolute atomic E-state index is 0.0851. The second-order valence-electron chi connectivity index (χ2n) is 5.59. The molecule has 0 aliphatic carbocycles. The van der Waals surface area contributed by atoms with Crippen molar-refractivity contribution >= 4 is 17.4 Å². The normalized spacial score (nSPS) is 11.0. The summed E-state index contributed by atoms with van der Waals surface area (Å²) in [6.45, 7) is 2.30. The lowest BCUT2D eigenvalue weighted by Crippen LogP contribution is -2.20. The number of ether oxygens (including phenoxy) is 1. The van der Waals surface area contributed by atoms with Crippen LogP contribution in [-0.2, 0) is 6.54 Å². The fraction of sp³-hybridized carbons (Fsp3) is 0.118. The third kappa shape index (κ3) is 3.14. The molecule has 0 saturated heterocycles. The summed E-state index contributed by atoms with van der Waals surface area (Å²) in [6, 6.07) is 8.54. The van der Waals surface area contributed by atoms with Crippen molar-refractivity contribution in [2.45, 2.75) is 13.5 Å². The topological polar surface area (TPSA) is 87.2 Å². The molecule has 4 rings (SSSR count). The number of halogens is 1. The zero-order valence-electron chi connectivity index (χ0n) is 13.7. The van der Waals surface area contributed by atoms with E-state index in [4.69, 9.17) is 16.3 Å². The average Bonchev–Trinajstić information content (AvgIpc) is 3.05. The number of aryl methyl sites for hydroxylation is 1. The van der Waals surface area contributed by atoms with Crippen LogP contribution in [0.3, 0.4) is 0 Å². The number of rotatable bonds is 4. The molecular weight excluding hydrogens is 356 g/mol. The molecular formula is C17H13ClN6O2. The first-order valence-electron chi connectivity index (χ1n) is 7.76. The third-order valence-corrected chi connectivity index (χ3v) is 3.99. The van der Waals surface area contributed by atoms with Crippen molar-refractivity contribution in [3.63, 3.8) is 0 Å². The summed E-state index contributed by atoms with van der Waals surface area (Å²) < 4.78 is 8.69. The Kier molecular flexibility index (Phi) is 4.10.